The summed E-state index contributed by atoms with van der Waals surface area (Å²) in [5.74, 6) is -0.405. The molecule has 0 radical (unpaired) electrons. The van der Waals surface area contributed by atoms with E-state index in [0.29, 0.717) is 17.1 Å². The van der Waals surface area contributed by atoms with Gasteiger partial charge in [-0.1, -0.05) is 6.92 Å². The van der Waals surface area contributed by atoms with Gasteiger partial charge in [-0.3, -0.25) is 10.2 Å². The molecule has 2 aromatic rings. The van der Waals surface area contributed by atoms with Gasteiger partial charge in [-0.15, -0.1) is 22.7 Å². The predicted molar refractivity (Wildman–Crippen MR) is 127 cm³/mol. The number of nitrogens with one attached hydrogen (secondary N) is 2. The zero-order valence-electron chi connectivity index (χ0n) is 18.0. The number of carbonyl (C=O) groups is 2. The minimum absolute atomic E-state index is 0.218. The number of fused-ring (bicyclic) bond motifs is 1. The molecule has 2 N–H and O–H groups in total. The van der Waals surface area contributed by atoms with Gasteiger partial charge in [0.25, 0.3) is 0 Å². The smallest absolute Gasteiger partial charge is 0.341 e. The molecule has 0 aliphatic carbocycles. The zero-order valence-corrected chi connectivity index (χ0v) is 21.2. The van der Waals surface area contributed by atoms with E-state index >= 15 is 0 Å². The van der Waals surface area contributed by atoms with E-state index in [1.165, 1.54) is 21.8 Å². The van der Waals surface area contributed by atoms with Gasteiger partial charge in [0.05, 0.1) is 15.5 Å². The number of hydrogen-bond donors (Lipinski definition) is 2. The Kier molecular flexibility index (Phi) is 7.60. The molecular weight excluding hydrogens is 486 g/mol. The van der Waals surface area contributed by atoms with Crippen LogP contribution in [0, 0.1) is 13.8 Å². The lowest BCUT2D eigenvalue weighted by Crippen LogP contribution is -2.31. The summed E-state index contributed by atoms with van der Waals surface area (Å²) in [6.07, 6.45) is 0.780. The zero-order chi connectivity index (χ0) is 22.0. The maximum Gasteiger partial charge on any atom is 0.341 e. The second kappa shape index (κ2) is 9.80. The van der Waals surface area contributed by atoms with Crippen molar-refractivity contribution in [2.24, 2.45) is 0 Å². The first-order chi connectivity index (χ1) is 14.2. The number of aryl methyl sites for hydroxylation is 1. The third kappa shape index (κ3) is 5.07. The lowest BCUT2D eigenvalue weighted by Gasteiger charge is -2.25. The molecule has 0 saturated heterocycles. The molecule has 2 amide bonds. The van der Waals surface area contributed by atoms with Crippen LogP contribution in [0.25, 0.3) is 0 Å². The number of likely N-dealkylation sites (N-methyl/N-ethyl adjacent to an activating group) is 1. The van der Waals surface area contributed by atoms with Gasteiger partial charge in [-0.2, -0.15) is 0 Å². The molecule has 0 aromatic carbocycles. The molecule has 1 aliphatic rings. The minimum Gasteiger partial charge on any atom is -0.459 e. The number of anilines is 1. The lowest BCUT2D eigenvalue weighted by molar-refractivity contribution is 0.0379. The Balaban J connectivity index is 1.69. The number of hydrogen-bond acceptors (Lipinski definition) is 6. The third-order valence-corrected chi connectivity index (χ3v) is 8.36. The molecule has 164 valence electrons. The molecule has 3 heterocycles. The maximum absolute atomic E-state index is 12.6. The minimum atomic E-state index is -0.405. The molecular formula is C21H28BrN3O3S2. The first kappa shape index (κ1) is 23.2. The molecule has 3 rings (SSSR count). The Hall–Kier alpha value is -1.42. The van der Waals surface area contributed by atoms with Crippen LogP contribution in [0.15, 0.2) is 3.79 Å². The summed E-state index contributed by atoms with van der Waals surface area (Å²) in [7, 11) is 0. The number of nitrogens with zero attached hydrogens (tertiary/aromatic N) is 1. The Morgan fingerprint density at radius 2 is 2.00 bits per heavy atom. The van der Waals surface area contributed by atoms with Crippen LogP contribution in [0.3, 0.4) is 0 Å². The van der Waals surface area contributed by atoms with E-state index in [0.717, 1.165) is 45.8 Å². The number of esters is 1. The van der Waals surface area contributed by atoms with Gasteiger partial charge in [0.2, 0.25) is 0 Å². The molecule has 0 saturated carbocycles. The van der Waals surface area contributed by atoms with Gasteiger partial charge >= 0.3 is 12.0 Å². The highest BCUT2D eigenvalue weighted by Gasteiger charge is 2.25. The standard InChI is InChI=1S/C21H28BrN3O3S2/c1-6-25-8-7-14-15(18(22)30-16(14)10-25)9-23-21(27)24-19-17(12(4)13(5)29-19)20(26)28-11(2)3/h11H,6-10H2,1-5H3,(H2,23,24,27). The highest BCUT2D eigenvalue weighted by molar-refractivity contribution is 9.11. The van der Waals surface area contributed by atoms with Crippen molar-refractivity contribution >= 4 is 55.6 Å². The summed E-state index contributed by atoms with van der Waals surface area (Å²) in [6.45, 7) is 13.1. The van der Waals surface area contributed by atoms with Gasteiger partial charge in [-0.25, -0.2) is 9.59 Å². The molecule has 0 fully saturated rings. The number of carbonyl (C=O) groups excluding carboxylic acids is 2. The number of ether oxygens (including phenoxy) is 1. The van der Waals surface area contributed by atoms with Crippen molar-refractivity contribution in [1.29, 1.82) is 0 Å². The van der Waals surface area contributed by atoms with E-state index in [1.54, 1.807) is 11.3 Å². The highest BCUT2D eigenvalue weighted by Crippen LogP contribution is 2.37. The average Bonchev–Trinajstić information content (AvgIpc) is 3.13. The SMILES string of the molecule is CCN1CCc2c(sc(Br)c2CNC(=O)Nc2sc(C)c(C)c2C(=O)OC(C)C)C1. The van der Waals surface area contributed by atoms with Gasteiger partial charge in [0.1, 0.15) is 5.00 Å². The highest BCUT2D eigenvalue weighted by atomic mass is 79.9. The van der Waals surface area contributed by atoms with E-state index < -0.39 is 5.97 Å². The maximum atomic E-state index is 12.6. The van der Waals surface area contributed by atoms with Crippen molar-refractivity contribution < 1.29 is 14.3 Å². The summed E-state index contributed by atoms with van der Waals surface area (Å²) >= 11 is 6.82. The van der Waals surface area contributed by atoms with Crippen LogP contribution in [-0.2, 0) is 24.2 Å². The van der Waals surface area contributed by atoms with Gasteiger partial charge in [0.15, 0.2) is 0 Å². The topological polar surface area (TPSA) is 70.7 Å². The van der Waals surface area contributed by atoms with Gasteiger partial charge < -0.3 is 10.1 Å². The second-order valence-electron chi connectivity index (χ2n) is 7.62. The molecule has 9 heteroatoms. The van der Waals surface area contributed by atoms with E-state index in [9.17, 15) is 9.59 Å². The van der Waals surface area contributed by atoms with Crippen molar-refractivity contribution in [1.82, 2.24) is 10.2 Å². The largest absolute Gasteiger partial charge is 0.459 e. The monoisotopic (exact) mass is 513 g/mol. The van der Waals surface area contributed by atoms with Crippen molar-refractivity contribution in [3.05, 3.63) is 35.8 Å². The van der Waals surface area contributed by atoms with Crippen LogP contribution >= 0.6 is 38.6 Å². The number of halogens is 1. The Bertz CT molecular complexity index is 952. The number of rotatable bonds is 6. The van der Waals surface area contributed by atoms with Crippen LogP contribution in [0.1, 0.15) is 57.6 Å². The van der Waals surface area contributed by atoms with E-state index in [2.05, 4.69) is 38.4 Å². The Morgan fingerprint density at radius 3 is 2.67 bits per heavy atom. The van der Waals surface area contributed by atoms with Crippen LogP contribution < -0.4 is 10.6 Å². The van der Waals surface area contributed by atoms with E-state index in [-0.39, 0.29) is 12.1 Å². The average molecular weight is 515 g/mol. The summed E-state index contributed by atoms with van der Waals surface area (Å²) in [5.41, 5.74) is 3.78. The summed E-state index contributed by atoms with van der Waals surface area (Å²) in [5, 5.41) is 6.33. The summed E-state index contributed by atoms with van der Waals surface area (Å²) in [4.78, 5) is 29.9. The number of urea groups is 1. The molecule has 6 nitrogen and oxygen atoms in total. The molecule has 0 bridgehead atoms. The van der Waals surface area contributed by atoms with E-state index in [1.807, 2.05) is 27.7 Å². The van der Waals surface area contributed by atoms with Gasteiger partial charge in [-0.05, 0) is 73.3 Å². The molecule has 0 atom stereocenters. The fraction of sp³-hybridized carbons (Fsp3) is 0.524. The van der Waals surface area contributed by atoms with Crippen molar-refractivity contribution in [2.45, 2.75) is 60.2 Å². The molecule has 0 unspecified atom stereocenters. The summed E-state index contributed by atoms with van der Waals surface area (Å²) in [6, 6.07) is -0.326. The summed E-state index contributed by atoms with van der Waals surface area (Å²) < 4.78 is 6.43. The normalized spacial score (nSPS) is 14.0. The fourth-order valence-electron chi connectivity index (χ4n) is 3.48. The number of thiophene rings is 2. The van der Waals surface area contributed by atoms with Crippen LogP contribution in [0.5, 0.6) is 0 Å². The quantitative estimate of drug-likeness (QED) is 0.503. The third-order valence-electron chi connectivity index (χ3n) is 5.23. The van der Waals surface area contributed by atoms with E-state index in [4.69, 9.17) is 4.74 Å². The van der Waals surface area contributed by atoms with Crippen molar-refractivity contribution in [3.63, 3.8) is 0 Å². The first-order valence-corrected chi connectivity index (χ1v) is 12.5. The molecule has 2 aromatic heterocycles. The van der Waals surface area contributed by atoms with Gasteiger partial charge in [0, 0.05) is 29.4 Å². The first-order valence-electron chi connectivity index (χ1n) is 10.1. The van der Waals surface area contributed by atoms with Crippen LogP contribution in [-0.4, -0.2) is 36.1 Å². The van der Waals surface area contributed by atoms with Crippen LogP contribution in [0.2, 0.25) is 0 Å². The lowest BCUT2D eigenvalue weighted by atomic mass is 10.0. The van der Waals surface area contributed by atoms with Crippen molar-refractivity contribution in [3.8, 4) is 0 Å². The molecule has 1 aliphatic heterocycles. The van der Waals surface area contributed by atoms with Crippen LogP contribution in [0.4, 0.5) is 9.80 Å². The molecule has 0 spiro atoms. The second-order valence-corrected chi connectivity index (χ2v) is 11.3. The predicted octanol–water partition coefficient (Wildman–Crippen LogP) is 5.45. The Labute approximate surface area is 194 Å². The molecule has 30 heavy (non-hydrogen) atoms. The van der Waals surface area contributed by atoms with Crippen molar-refractivity contribution in [2.75, 3.05) is 18.4 Å². The Morgan fingerprint density at radius 1 is 1.27 bits per heavy atom. The fourth-order valence-corrected chi connectivity index (χ4v) is 6.62. The number of amides is 2.